The highest BCUT2D eigenvalue weighted by Gasteiger charge is 2.37. The van der Waals surface area contributed by atoms with Crippen LogP contribution in [0.1, 0.15) is 32.3 Å². The number of nitrogens with two attached hydrogens (primary N) is 1. The van der Waals surface area contributed by atoms with E-state index in [1.807, 2.05) is 0 Å². The molecule has 148 valence electrons. The van der Waals surface area contributed by atoms with Gasteiger partial charge in [-0.05, 0) is 42.9 Å². The molecule has 1 heterocycles. The Bertz CT molecular complexity index is 689. The van der Waals surface area contributed by atoms with Crippen molar-refractivity contribution in [1.82, 2.24) is 10.2 Å². The van der Waals surface area contributed by atoms with E-state index in [0.29, 0.717) is 19.4 Å². The Hall–Kier alpha value is -2.61. The van der Waals surface area contributed by atoms with Gasteiger partial charge in [0.2, 0.25) is 11.8 Å². The van der Waals surface area contributed by atoms with E-state index in [1.54, 1.807) is 26.0 Å². The highest BCUT2D eigenvalue weighted by Crippen LogP contribution is 2.20. The molecule has 3 unspecified atom stereocenters. The molecule has 0 radical (unpaired) electrons. The maximum absolute atomic E-state index is 12.7. The van der Waals surface area contributed by atoms with Gasteiger partial charge in [-0.2, -0.15) is 0 Å². The van der Waals surface area contributed by atoms with E-state index in [9.17, 15) is 24.6 Å². The molecule has 0 saturated carbocycles. The van der Waals surface area contributed by atoms with Crippen LogP contribution in [0.3, 0.4) is 0 Å². The number of carbonyl (C=O) groups excluding carboxylic acids is 2. The van der Waals surface area contributed by atoms with Gasteiger partial charge < -0.3 is 26.2 Å². The first-order valence-corrected chi connectivity index (χ1v) is 9.08. The first kappa shape index (κ1) is 20.7. The van der Waals surface area contributed by atoms with Crippen LogP contribution in [0.2, 0.25) is 0 Å². The molecule has 8 heteroatoms. The fourth-order valence-corrected chi connectivity index (χ4v) is 3.25. The number of carboxylic acid groups (broad SMARTS) is 1. The summed E-state index contributed by atoms with van der Waals surface area (Å²) in [7, 11) is 0. The molecule has 1 aliphatic rings. The zero-order valence-electron chi connectivity index (χ0n) is 15.6. The number of benzene rings is 1. The fourth-order valence-electron chi connectivity index (χ4n) is 3.25. The van der Waals surface area contributed by atoms with Crippen molar-refractivity contribution in [3.8, 4) is 5.75 Å². The molecule has 1 aromatic carbocycles. The molecule has 27 heavy (non-hydrogen) atoms. The van der Waals surface area contributed by atoms with Gasteiger partial charge >= 0.3 is 5.97 Å². The van der Waals surface area contributed by atoms with Crippen molar-refractivity contribution in [3.63, 3.8) is 0 Å². The molecule has 0 aromatic heterocycles. The van der Waals surface area contributed by atoms with Gasteiger partial charge in [0.05, 0.1) is 6.04 Å². The molecule has 2 rings (SSSR count). The monoisotopic (exact) mass is 377 g/mol. The van der Waals surface area contributed by atoms with Crippen LogP contribution in [0.4, 0.5) is 0 Å². The Morgan fingerprint density at radius 2 is 1.89 bits per heavy atom. The van der Waals surface area contributed by atoms with Crippen LogP contribution < -0.4 is 11.1 Å². The van der Waals surface area contributed by atoms with E-state index in [1.165, 1.54) is 17.0 Å². The highest BCUT2D eigenvalue weighted by atomic mass is 16.4. The number of aromatic hydroxyl groups is 1. The normalized spacial score (nSPS) is 19.0. The fraction of sp³-hybridized carbons (Fsp3) is 0.526. The zero-order valence-corrected chi connectivity index (χ0v) is 15.6. The van der Waals surface area contributed by atoms with E-state index < -0.39 is 30.0 Å². The van der Waals surface area contributed by atoms with Crippen LogP contribution >= 0.6 is 0 Å². The van der Waals surface area contributed by atoms with Crippen LogP contribution in [-0.2, 0) is 20.8 Å². The van der Waals surface area contributed by atoms with E-state index in [0.717, 1.165) is 5.56 Å². The molecule has 1 fully saturated rings. The number of amides is 2. The third kappa shape index (κ3) is 5.19. The number of carbonyl (C=O) groups is 3. The van der Waals surface area contributed by atoms with Gasteiger partial charge in [0, 0.05) is 6.54 Å². The van der Waals surface area contributed by atoms with Crippen molar-refractivity contribution in [1.29, 1.82) is 0 Å². The predicted molar refractivity (Wildman–Crippen MR) is 98.9 cm³/mol. The molecule has 1 aliphatic heterocycles. The second kappa shape index (κ2) is 8.85. The molecule has 0 bridgehead atoms. The summed E-state index contributed by atoms with van der Waals surface area (Å²) in [5, 5.41) is 21.1. The average Bonchev–Trinajstić information content (AvgIpc) is 3.09. The highest BCUT2D eigenvalue weighted by molar-refractivity contribution is 5.92. The molecule has 1 aromatic rings. The number of phenols is 1. The number of carboxylic acids is 1. The smallest absolute Gasteiger partial charge is 0.326 e. The number of phenolic OH excluding ortho intramolecular Hbond substituents is 1. The average molecular weight is 377 g/mol. The second-order valence-electron chi connectivity index (χ2n) is 7.24. The minimum atomic E-state index is -1.10. The Morgan fingerprint density at radius 1 is 1.26 bits per heavy atom. The third-order valence-electron chi connectivity index (χ3n) is 4.78. The van der Waals surface area contributed by atoms with E-state index in [2.05, 4.69) is 5.32 Å². The number of aliphatic carboxylic acids is 1. The van der Waals surface area contributed by atoms with Crippen LogP contribution in [-0.4, -0.2) is 57.6 Å². The van der Waals surface area contributed by atoms with E-state index in [-0.39, 0.29) is 24.0 Å². The lowest BCUT2D eigenvalue weighted by Gasteiger charge is -2.28. The number of likely N-dealkylation sites (tertiary alicyclic amines) is 1. The van der Waals surface area contributed by atoms with Gasteiger partial charge in [-0.3, -0.25) is 9.59 Å². The van der Waals surface area contributed by atoms with Gasteiger partial charge in [-0.1, -0.05) is 26.0 Å². The number of hydrogen-bond acceptors (Lipinski definition) is 5. The zero-order chi connectivity index (χ0) is 20.1. The van der Waals surface area contributed by atoms with Crippen molar-refractivity contribution in [2.24, 2.45) is 11.7 Å². The molecular formula is C19H27N3O5. The Balaban J connectivity index is 2.03. The van der Waals surface area contributed by atoms with Crippen molar-refractivity contribution < 1.29 is 24.6 Å². The van der Waals surface area contributed by atoms with E-state index >= 15 is 0 Å². The molecule has 5 N–H and O–H groups in total. The van der Waals surface area contributed by atoms with E-state index in [4.69, 9.17) is 5.73 Å². The summed E-state index contributed by atoms with van der Waals surface area (Å²) < 4.78 is 0. The molecule has 0 aliphatic carbocycles. The largest absolute Gasteiger partial charge is 0.508 e. The first-order valence-electron chi connectivity index (χ1n) is 9.08. The Labute approximate surface area is 158 Å². The van der Waals surface area contributed by atoms with Crippen LogP contribution in [0.5, 0.6) is 5.75 Å². The lowest BCUT2D eigenvalue weighted by atomic mass is 10.0. The topological polar surface area (TPSA) is 133 Å². The summed E-state index contributed by atoms with van der Waals surface area (Å²) in [6.07, 6.45) is 1.43. The van der Waals surface area contributed by atoms with Gasteiger partial charge in [-0.15, -0.1) is 0 Å². The van der Waals surface area contributed by atoms with Gasteiger partial charge in [0.15, 0.2) is 0 Å². The van der Waals surface area contributed by atoms with Crippen LogP contribution in [0, 0.1) is 5.92 Å². The summed E-state index contributed by atoms with van der Waals surface area (Å²) >= 11 is 0. The molecule has 3 atom stereocenters. The van der Waals surface area contributed by atoms with Crippen molar-refractivity contribution in [3.05, 3.63) is 29.8 Å². The minimum Gasteiger partial charge on any atom is -0.508 e. The lowest BCUT2D eigenvalue weighted by molar-refractivity contribution is -0.145. The van der Waals surface area contributed by atoms with Crippen molar-refractivity contribution in [2.75, 3.05) is 6.54 Å². The summed E-state index contributed by atoms with van der Waals surface area (Å²) in [6, 6.07) is 3.91. The molecule has 0 spiro atoms. The third-order valence-corrected chi connectivity index (χ3v) is 4.78. The maximum atomic E-state index is 12.7. The summed E-state index contributed by atoms with van der Waals surface area (Å²) in [4.78, 5) is 38.1. The number of hydrogen-bond donors (Lipinski definition) is 4. The molecule has 8 nitrogen and oxygen atoms in total. The predicted octanol–water partition coefficient (Wildman–Crippen LogP) is 0.478. The second-order valence-corrected chi connectivity index (χ2v) is 7.24. The summed E-state index contributed by atoms with van der Waals surface area (Å²) in [6.45, 7) is 3.84. The molecule has 1 saturated heterocycles. The minimum absolute atomic E-state index is 0.132. The quantitative estimate of drug-likeness (QED) is 0.546. The summed E-state index contributed by atoms with van der Waals surface area (Å²) in [5.74, 6) is -2.03. The molecule has 2 amide bonds. The standard InChI is InChI=1S/C19H27N3O5/c1-11(2)16(19(26)27)21-17(24)15-4-3-9-22(15)18(25)14(20)10-12-5-7-13(23)8-6-12/h5-8,11,14-16,23H,3-4,9-10,20H2,1-2H3,(H,21,24)(H,26,27). The van der Waals surface area contributed by atoms with Gasteiger partial charge in [-0.25, -0.2) is 4.79 Å². The Morgan fingerprint density at radius 3 is 2.44 bits per heavy atom. The Kier molecular flexibility index (Phi) is 6.79. The van der Waals surface area contributed by atoms with Crippen LogP contribution in [0.25, 0.3) is 0 Å². The first-order chi connectivity index (χ1) is 12.7. The number of rotatable bonds is 7. The SMILES string of the molecule is CC(C)C(NC(=O)C1CCCN1C(=O)C(N)Cc1ccc(O)cc1)C(=O)O. The van der Waals surface area contributed by atoms with Gasteiger partial charge in [0.25, 0.3) is 0 Å². The number of nitrogens with one attached hydrogen (secondary N) is 1. The molecular weight excluding hydrogens is 350 g/mol. The lowest BCUT2D eigenvalue weighted by Crippen LogP contribution is -2.55. The van der Waals surface area contributed by atoms with Crippen molar-refractivity contribution >= 4 is 17.8 Å². The maximum Gasteiger partial charge on any atom is 0.326 e. The van der Waals surface area contributed by atoms with Crippen molar-refractivity contribution in [2.45, 2.75) is 51.2 Å². The number of nitrogens with zero attached hydrogens (tertiary/aromatic N) is 1. The summed E-state index contributed by atoms with van der Waals surface area (Å²) in [5.41, 5.74) is 6.85. The van der Waals surface area contributed by atoms with Gasteiger partial charge in [0.1, 0.15) is 17.8 Å². The van der Waals surface area contributed by atoms with Crippen LogP contribution in [0.15, 0.2) is 24.3 Å².